The van der Waals surface area contributed by atoms with E-state index in [2.05, 4.69) is 33.9 Å². The molecule has 0 atom stereocenters. The summed E-state index contributed by atoms with van der Waals surface area (Å²) in [6.45, 7) is 7.63. The molecule has 4 heteroatoms. The van der Waals surface area contributed by atoms with E-state index in [0.717, 1.165) is 50.0 Å². The van der Waals surface area contributed by atoms with Gasteiger partial charge in [-0.3, -0.25) is 0 Å². The van der Waals surface area contributed by atoms with E-state index in [1.54, 1.807) is 0 Å². The fourth-order valence-electron chi connectivity index (χ4n) is 2.29. The third kappa shape index (κ3) is 2.61. The lowest BCUT2D eigenvalue weighted by Gasteiger charge is -2.22. The summed E-state index contributed by atoms with van der Waals surface area (Å²) in [5, 5.41) is 7.98. The van der Waals surface area contributed by atoms with Crippen molar-refractivity contribution in [2.45, 2.75) is 46.1 Å². The molecule has 0 saturated carbocycles. The SMILES string of the molecule is CCc1nc(CC)n(CC2CCNCC2)n1. The van der Waals surface area contributed by atoms with Gasteiger partial charge in [0.2, 0.25) is 0 Å². The molecule has 0 spiro atoms. The van der Waals surface area contributed by atoms with Crippen LogP contribution in [0.5, 0.6) is 0 Å². The zero-order valence-electron chi connectivity index (χ0n) is 10.4. The second kappa shape index (κ2) is 5.43. The first-order chi connectivity index (χ1) is 7.83. The predicted octanol–water partition coefficient (Wildman–Crippen LogP) is 1.40. The molecular weight excluding hydrogens is 200 g/mol. The van der Waals surface area contributed by atoms with Crippen LogP contribution in [0.3, 0.4) is 0 Å². The Hall–Kier alpha value is -0.900. The molecular formula is C12H22N4. The highest BCUT2D eigenvalue weighted by molar-refractivity contribution is 4.93. The average Bonchev–Trinajstić information content (AvgIpc) is 2.73. The van der Waals surface area contributed by atoms with Crippen molar-refractivity contribution >= 4 is 0 Å². The van der Waals surface area contributed by atoms with Crippen molar-refractivity contribution in [3.05, 3.63) is 11.6 Å². The Bertz CT molecular complexity index is 326. The maximum absolute atomic E-state index is 4.58. The summed E-state index contributed by atoms with van der Waals surface area (Å²) in [4.78, 5) is 4.55. The molecule has 0 aromatic carbocycles. The molecule has 1 aromatic rings. The minimum Gasteiger partial charge on any atom is -0.317 e. The van der Waals surface area contributed by atoms with Gasteiger partial charge in [0.1, 0.15) is 5.82 Å². The van der Waals surface area contributed by atoms with Crippen LogP contribution in [0.2, 0.25) is 0 Å². The molecule has 16 heavy (non-hydrogen) atoms. The van der Waals surface area contributed by atoms with Crippen molar-refractivity contribution in [2.75, 3.05) is 13.1 Å². The Balaban J connectivity index is 2.03. The van der Waals surface area contributed by atoms with Crippen LogP contribution in [0.25, 0.3) is 0 Å². The molecule has 0 amide bonds. The summed E-state index contributed by atoms with van der Waals surface area (Å²) in [5.41, 5.74) is 0. The van der Waals surface area contributed by atoms with Crippen LogP contribution in [-0.2, 0) is 19.4 Å². The standard InChI is InChI=1S/C12H22N4/c1-3-11-14-12(4-2)16(15-11)9-10-5-7-13-8-6-10/h10,13H,3-9H2,1-2H3. The average molecular weight is 222 g/mol. The monoisotopic (exact) mass is 222 g/mol. The molecule has 4 nitrogen and oxygen atoms in total. The quantitative estimate of drug-likeness (QED) is 0.837. The van der Waals surface area contributed by atoms with Gasteiger partial charge in [0, 0.05) is 19.4 Å². The van der Waals surface area contributed by atoms with Gasteiger partial charge in [-0.15, -0.1) is 0 Å². The molecule has 1 saturated heterocycles. The second-order valence-corrected chi connectivity index (χ2v) is 4.53. The van der Waals surface area contributed by atoms with Crippen LogP contribution in [0.15, 0.2) is 0 Å². The number of aryl methyl sites for hydroxylation is 2. The van der Waals surface area contributed by atoms with Gasteiger partial charge in [-0.05, 0) is 31.8 Å². The molecule has 1 aliphatic heterocycles. The van der Waals surface area contributed by atoms with Crippen molar-refractivity contribution in [1.29, 1.82) is 0 Å². The second-order valence-electron chi connectivity index (χ2n) is 4.53. The van der Waals surface area contributed by atoms with Crippen LogP contribution < -0.4 is 5.32 Å². The molecule has 0 radical (unpaired) electrons. The van der Waals surface area contributed by atoms with Crippen molar-refractivity contribution in [3.63, 3.8) is 0 Å². The minimum atomic E-state index is 0.776. The molecule has 1 N–H and O–H groups in total. The summed E-state index contributed by atoms with van der Waals surface area (Å²) in [6, 6.07) is 0. The van der Waals surface area contributed by atoms with Crippen LogP contribution in [0.1, 0.15) is 38.3 Å². The van der Waals surface area contributed by atoms with E-state index in [-0.39, 0.29) is 0 Å². The molecule has 2 rings (SSSR count). The zero-order valence-corrected chi connectivity index (χ0v) is 10.4. The Labute approximate surface area is 97.5 Å². The number of piperidine rings is 1. The molecule has 1 fully saturated rings. The largest absolute Gasteiger partial charge is 0.317 e. The number of rotatable bonds is 4. The number of hydrogen-bond acceptors (Lipinski definition) is 3. The Morgan fingerprint density at radius 1 is 1.25 bits per heavy atom. The number of aromatic nitrogens is 3. The Morgan fingerprint density at radius 2 is 2.00 bits per heavy atom. The molecule has 0 bridgehead atoms. The van der Waals surface area contributed by atoms with Crippen LogP contribution in [0, 0.1) is 5.92 Å². The van der Waals surface area contributed by atoms with Crippen molar-refractivity contribution in [1.82, 2.24) is 20.1 Å². The summed E-state index contributed by atoms with van der Waals surface area (Å²) < 4.78 is 2.13. The maximum Gasteiger partial charge on any atom is 0.150 e. The normalized spacial score (nSPS) is 17.9. The summed E-state index contributed by atoms with van der Waals surface area (Å²) in [7, 11) is 0. The highest BCUT2D eigenvalue weighted by atomic mass is 15.3. The van der Waals surface area contributed by atoms with Gasteiger partial charge in [-0.25, -0.2) is 9.67 Å². The lowest BCUT2D eigenvalue weighted by atomic mass is 9.98. The highest BCUT2D eigenvalue weighted by Gasteiger charge is 2.16. The van der Waals surface area contributed by atoms with Crippen molar-refractivity contribution in [2.24, 2.45) is 5.92 Å². The lowest BCUT2D eigenvalue weighted by Crippen LogP contribution is -2.30. The third-order valence-electron chi connectivity index (χ3n) is 3.31. The van der Waals surface area contributed by atoms with Gasteiger partial charge in [-0.1, -0.05) is 13.8 Å². The third-order valence-corrected chi connectivity index (χ3v) is 3.31. The maximum atomic E-state index is 4.58. The van der Waals surface area contributed by atoms with Gasteiger partial charge >= 0.3 is 0 Å². The number of nitrogens with zero attached hydrogens (tertiary/aromatic N) is 3. The summed E-state index contributed by atoms with van der Waals surface area (Å²) in [6.07, 6.45) is 4.46. The Morgan fingerprint density at radius 3 is 2.62 bits per heavy atom. The van der Waals surface area contributed by atoms with E-state index in [1.165, 1.54) is 12.8 Å². The fourth-order valence-corrected chi connectivity index (χ4v) is 2.29. The first-order valence-corrected chi connectivity index (χ1v) is 6.46. The molecule has 0 unspecified atom stereocenters. The Kier molecular flexibility index (Phi) is 3.93. The van der Waals surface area contributed by atoms with Crippen LogP contribution >= 0.6 is 0 Å². The summed E-state index contributed by atoms with van der Waals surface area (Å²) in [5.74, 6) is 2.92. The van der Waals surface area contributed by atoms with Gasteiger partial charge in [0.05, 0.1) is 0 Å². The van der Waals surface area contributed by atoms with E-state index < -0.39 is 0 Å². The van der Waals surface area contributed by atoms with Crippen molar-refractivity contribution < 1.29 is 0 Å². The zero-order chi connectivity index (χ0) is 11.4. The van der Waals surface area contributed by atoms with Gasteiger partial charge in [0.25, 0.3) is 0 Å². The van der Waals surface area contributed by atoms with Gasteiger partial charge < -0.3 is 5.32 Å². The molecule has 90 valence electrons. The van der Waals surface area contributed by atoms with E-state index in [1.807, 2.05) is 0 Å². The summed E-state index contributed by atoms with van der Waals surface area (Å²) >= 11 is 0. The van der Waals surface area contributed by atoms with Crippen molar-refractivity contribution in [3.8, 4) is 0 Å². The first-order valence-electron chi connectivity index (χ1n) is 6.46. The minimum absolute atomic E-state index is 0.776. The topological polar surface area (TPSA) is 42.7 Å². The smallest absolute Gasteiger partial charge is 0.150 e. The first kappa shape index (κ1) is 11.6. The van der Waals surface area contributed by atoms with E-state index in [0.29, 0.717) is 0 Å². The highest BCUT2D eigenvalue weighted by Crippen LogP contribution is 2.15. The lowest BCUT2D eigenvalue weighted by molar-refractivity contribution is 0.316. The van der Waals surface area contributed by atoms with Gasteiger partial charge in [-0.2, -0.15) is 5.10 Å². The van der Waals surface area contributed by atoms with E-state index >= 15 is 0 Å². The molecule has 1 aromatic heterocycles. The van der Waals surface area contributed by atoms with E-state index in [4.69, 9.17) is 0 Å². The number of nitrogens with one attached hydrogen (secondary N) is 1. The van der Waals surface area contributed by atoms with Gasteiger partial charge in [0.15, 0.2) is 5.82 Å². The van der Waals surface area contributed by atoms with Crippen LogP contribution in [-0.4, -0.2) is 27.9 Å². The number of hydrogen-bond donors (Lipinski definition) is 1. The molecule has 1 aliphatic rings. The van der Waals surface area contributed by atoms with E-state index in [9.17, 15) is 0 Å². The molecule has 0 aliphatic carbocycles. The predicted molar refractivity (Wildman–Crippen MR) is 64.4 cm³/mol. The molecule has 2 heterocycles. The fraction of sp³-hybridized carbons (Fsp3) is 0.833. The van der Waals surface area contributed by atoms with Crippen LogP contribution in [0.4, 0.5) is 0 Å².